The minimum atomic E-state index is -3.47. The van der Waals surface area contributed by atoms with Crippen molar-refractivity contribution < 1.29 is 18.1 Å². The first kappa shape index (κ1) is 18.4. The maximum absolute atomic E-state index is 12.9. The summed E-state index contributed by atoms with van der Waals surface area (Å²) in [6, 6.07) is 5.67. The molecule has 0 unspecified atom stereocenters. The molecule has 1 atom stereocenters. The second-order valence-electron chi connectivity index (χ2n) is 7.34. The molecule has 1 aromatic carbocycles. The Hall–Kier alpha value is -1.44. The van der Waals surface area contributed by atoms with Crippen LogP contribution in [-0.2, 0) is 14.8 Å². The van der Waals surface area contributed by atoms with Gasteiger partial charge in [0.1, 0.15) is 0 Å². The normalized spacial score (nSPS) is 21.1. The lowest BCUT2D eigenvalue weighted by Gasteiger charge is -2.34. The highest BCUT2D eigenvalue weighted by atomic mass is 32.2. The van der Waals surface area contributed by atoms with Crippen LogP contribution in [-0.4, -0.2) is 56.9 Å². The molecule has 1 saturated carbocycles. The lowest BCUT2D eigenvalue weighted by molar-refractivity contribution is -0.917. The van der Waals surface area contributed by atoms with Crippen LogP contribution in [0.15, 0.2) is 23.1 Å². The van der Waals surface area contributed by atoms with Gasteiger partial charge in [0.05, 0.1) is 31.1 Å². The smallest absolute Gasteiger partial charge is 0.278 e. The number of rotatable bonds is 5. The van der Waals surface area contributed by atoms with Crippen molar-refractivity contribution in [3.8, 4) is 0 Å². The van der Waals surface area contributed by atoms with E-state index in [1.54, 1.807) is 10.4 Å². The molecule has 1 aliphatic heterocycles. The lowest BCUT2D eigenvalue weighted by atomic mass is 10.2. The number of hydrogen-bond donors (Lipinski definition) is 2. The summed E-state index contributed by atoms with van der Waals surface area (Å²) >= 11 is 0. The maximum atomic E-state index is 12.9. The molecule has 0 bridgehead atoms. The van der Waals surface area contributed by atoms with Crippen LogP contribution in [0.2, 0.25) is 0 Å². The molecule has 1 saturated heterocycles. The number of aryl methyl sites for hydroxylation is 2. The SMILES string of the molecule is Cc1ccc(S(=O)(=O)N2CC[NH+]([C@@H](C)C(=O)NC3CC3)CC2)c(C)c1. The van der Waals surface area contributed by atoms with Crippen LogP contribution in [0.1, 0.15) is 30.9 Å². The minimum Gasteiger partial charge on any atom is -0.348 e. The third kappa shape index (κ3) is 4.04. The molecule has 25 heavy (non-hydrogen) atoms. The molecule has 1 amide bonds. The van der Waals surface area contributed by atoms with Gasteiger partial charge in [0.25, 0.3) is 5.91 Å². The molecular formula is C18H28N3O3S+. The number of benzene rings is 1. The monoisotopic (exact) mass is 366 g/mol. The molecule has 0 radical (unpaired) electrons. The van der Waals surface area contributed by atoms with Crippen molar-refractivity contribution in [1.29, 1.82) is 0 Å². The first-order chi connectivity index (χ1) is 11.8. The summed E-state index contributed by atoms with van der Waals surface area (Å²) in [6.45, 7) is 7.94. The van der Waals surface area contributed by atoms with E-state index in [0.717, 1.165) is 28.9 Å². The maximum Gasteiger partial charge on any atom is 0.278 e. The molecule has 2 N–H and O–H groups in total. The van der Waals surface area contributed by atoms with Crippen molar-refractivity contribution in [2.24, 2.45) is 0 Å². The predicted octanol–water partition coefficient (Wildman–Crippen LogP) is -0.140. The number of quaternary nitrogens is 1. The number of piperazine rings is 1. The van der Waals surface area contributed by atoms with E-state index in [1.165, 1.54) is 0 Å². The number of hydrogen-bond acceptors (Lipinski definition) is 3. The Labute approximate surface area is 150 Å². The second kappa shape index (κ2) is 7.05. The van der Waals surface area contributed by atoms with Crippen LogP contribution in [0.5, 0.6) is 0 Å². The zero-order valence-electron chi connectivity index (χ0n) is 15.2. The summed E-state index contributed by atoms with van der Waals surface area (Å²) in [6.07, 6.45) is 2.16. The van der Waals surface area contributed by atoms with E-state index in [9.17, 15) is 13.2 Å². The molecule has 0 aromatic heterocycles. The predicted molar refractivity (Wildman–Crippen MR) is 96.0 cm³/mol. The number of amides is 1. The highest BCUT2D eigenvalue weighted by Gasteiger charge is 2.36. The largest absolute Gasteiger partial charge is 0.348 e. The Bertz CT molecular complexity index is 751. The summed E-state index contributed by atoms with van der Waals surface area (Å²) in [5.41, 5.74) is 1.84. The number of carbonyl (C=O) groups is 1. The van der Waals surface area contributed by atoms with Gasteiger partial charge in [-0.05, 0) is 45.2 Å². The highest BCUT2D eigenvalue weighted by molar-refractivity contribution is 7.89. The van der Waals surface area contributed by atoms with Gasteiger partial charge < -0.3 is 10.2 Å². The van der Waals surface area contributed by atoms with E-state index >= 15 is 0 Å². The van der Waals surface area contributed by atoms with Crippen LogP contribution in [0.3, 0.4) is 0 Å². The van der Waals surface area contributed by atoms with Crippen molar-refractivity contribution in [1.82, 2.24) is 9.62 Å². The van der Waals surface area contributed by atoms with E-state index in [1.807, 2.05) is 32.9 Å². The van der Waals surface area contributed by atoms with Crippen molar-refractivity contribution in [2.75, 3.05) is 26.2 Å². The Morgan fingerprint density at radius 3 is 2.44 bits per heavy atom. The van der Waals surface area contributed by atoms with Crippen molar-refractivity contribution in [3.05, 3.63) is 29.3 Å². The molecule has 3 rings (SSSR count). The van der Waals surface area contributed by atoms with Crippen LogP contribution in [0.4, 0.5) is 0 Å². The lowest BCUT2D eigenvalue weighted by Crippen LogP contribution is -3.19. The van der Waals surface area contributed by atoms with E-state index in [0.29, 0.717) is 37.1 Å². The molecule has 2 fully saturated rings. The summed E-state index contributed by atoms with van der Waals surface area (Å²) < 4.78 is 27.4. The molecular weight excluding hydrogens is 338 g/mol. The standard InChI is InChI=1S/C18H27N3O3S/c1-13-4-7-17(14(2)12-13)25(23,24)21-10-8-20(9-11-21)15(3)18(22)19-16-5-6-16/h4,7,12,15-16H,5-6,8-11H2,1-3H3,(H,19,22)/p+1/t15-/m0/s1. The van der Waals surface area contributed by atoms with Gasteiger partial charge in [-0.15, -0.1) is 0 Å². The van der Waals surface area contributed by atoms with Gasteiger partial charge in [0.15, 0.2) is 6.04 Å². The van der Waals surface area contributed by atoms with Crippen molar-refractivity contribution in [2.45, 2.75) is 50.6 Å². The Morgan fingerprint density at radius 1 is 1.24 bits per heavy atom. The molecule has 7 heteroatoms. The summed E-state index contributed by atoms with van der Waals surface area (Å²) in [7, 11) is -3.47. The number of nitrogens with one attached hydrogen (secondary N) is 2. The summed E-state index contributed by atoms with van der Waals surface area (Å²) in [4.78, 5) is 13.8. The first-order valence-electron chi connectivity index (χ1n) is 9.01. The van der Waals surface area contributed by atoms with Crippen LogP contribution >= 0.6 is 0 Å². The average molecular weight is 367 g/mol. The van der Waals surface area contributed by atoms with Crippen molar-refractivity contribution in [3.63, 3.8) is 0 Å². The third-order valence-corrected chi connectivity index (χ3v) is 7.30. The Kier molecular flexibility index (Phi) is 5.18. The van der Waals surface area contributed by atoms with Gasteiger partial charge >= 0.3 is 0 Å². The van der Waals surface area contributed by atoms with Gasteiger partial charge in [-0.1, -0.05) is 17.7 Å². The van der Waals surface area contributed by atoms with Gasteiger partial charge in [0.2, 0.25) is 10.0 Å². The van der Waals surface area contributed by atoms with Crippen LogP contribution in [0, 0.1) is 13.8 Å². The quantitative estimate of drug-likeness (QED) is 0.762. The van der Waals surface area contributed by atoms with E-state index in [-0.39, 0.29) is 11.9 Å². The molecule has 6 nitrogen and oxygen atoms in total. The Balaban J connectivity index is 1.63. The fourth-order valence-electron chi connectivity index (χ4n) is 3.41. The first-order valence-corrected chi connectivity index (χ1v) is 10.5. The second-order valence-corrected chi connectivity index (χ2v) is 9.24. The van der Waals surface area contributed by atoms with Gasteiger partial charge in [-0.25, -0.2) is 8.42 Å². The highest BCUT2D eigenvalue weighted by Crippen LogP contribution is 2.21. The zero-order valence-corrected chi connectivity index (χ0v) is 16.0. The molecule has 1 aliphatic carbocycles. The van der Waals surface area contributed by atoms with Gasteiger partial charge in [0, 0.05) is 6.04 Å². The van der Waals surface area contributed by atoms with Crippen molar-refractivity contribution >= 4 is 15.9 Å². The molecule has 1 aromatic rings. The number of sulfonamides is 1. The topological polar surface area (TPSA) is 70.9 Å². The Morgan fingerprint density at radius 2 is 1.88 bits per heavy atom. The minimum absolute atomic E-state index is 0.0863. The summed E-state index contributed by atoms with van der Waals surface area (Å²) in [5, 5.41) is 3.04. The van der Waals surface area contributed by atoms with Crippen LogP contribution in [0.25, 0.3) is 0 Å². The zero-order chi connectivity index (χ0) is 18.2. The average Bonchev–Trinajstić information content (AvgIpc) is 3.38. The number of carbonyl (C=O) groups excluding carboxylic acids is 1. The number of nitrogens with zero attached hydrogens (tertiary/aromatic N) is 1. The van der Waals surface area contributed by atoms with Gasteiger partial charge in [-0.2, -0.15) is 4.31 Å². The molecule has 1 heterocycles. The van der Waals surface area contributed by atoms with Gasteiger partial charge in [-0.3, -0.25) is 4.79 Å². The fraction of sp³-hybridized carbons (Fsp3) is 0.611. The molecule has 2 aliphatic rings. The fourth-order valence-corrected chi connectivity index (χ4v) is 5.06. The van der Waals surface area contributed by atoms with E-state index < -0.39 is 10.0 Å². The van der Waals surface area contributed by atoms with Crippen LogP contribution < -0.4 is 10.2 Å². The van der Waals surface area contributed by atoms with E-state index in [2.05, 4.69) is 5.32 Å². The molecule has 138 valence electrons. The molecule has 0 spiro atoms. The third-order valence-electron chi connectivity index (χ3n) is 5.24. The summed E-state index contributed by atoms with van der Waals surface area (Å²) in [5.74, 6) is 0.0863. The van der Waals surface area contributed by atoms with E-state index in [4.69, 9.17) is 0 Å².